The van der Waals surface area contributed by atoms with Gasteiger partial charge in [-0.1, -0.05) is 0 Å². The van der Waals surface area contributed by atoms with Gasteiger partial charge in [0, 0.05) is 5.92 Å². The second kappa shape index (κ2) is 1.81. The summed E-state index contributed by atoms with van der Waals surface area (Å²) >= 11 is 0. The van der Waals surface area contributed by atoms with Crippen LogP contribution in [0.25, 0.3) is 0 Å². The van der Waals surface area contributed by atoms with Crippen LogP contribution in [0.2, 0.25) is 0 Å². The Kier molecular flexibility index (Phi) is 1.09. The highest BCUT2D eigenvalue weighted by Crippen LogP contribution is 2.37. The molecule has 2 aliphatic rings. The van der Waals surface area contributed by atoms with Crippen molar-refractivity contribution in [1.29, 1.82) is 0 Å². The van der Waals surface area contributed by atoms with Crippen molar-refractivity contribution in [3.8, 4) is 0 Å². The molecule has 2 heteroatoms. The standard InChI is InChI=1S/C7H10O2/c8-4-5-3-6-1-2-7(5)9-6/h4-7H,1-3H2/t5-,6-,7-/m1/s1. The fourth-order valence-corrected chi connectivity index (χ4v) is 1.82. The van der Waals surface area contributed by atoms with E-state index in [4.69, 9.17) is 4.74 Å². The molecule has 2 fully saturated rings. The summed E-state index contributed by atoms with van der Waals surface area (Å²) in [6.45, 7) is 0. The maximum absolute atomic E-state index is 10.3. The second-order valence-corrected chi connectivity index (χ2v) is 2.91. The molecule has 2 saturated heterocycles. The van der Waals surface area contributed by atoms with Crippen LogP contribution in [-0.2, 0) is 9.53 Å². The van der Waals surface area contributed by atoms with Gasteiger partial charge in [-0.15, -0.1) is 0 Å². The van der Waals surface area contributed by atoms with Crippen LogP contribution in [0, 0.1) is 5.92 Å². The van der Waals surface area contributed by atoms with Crippen LogP contribution in [0.5, 0.6) is 0 Å². The van der Waals surface area contributed by atoms with E-state index in [-0.39, 0.29) is 12.0 Å². The van der Waals surface area contributed by atoms with Crippen molar-refractivity contribution in [1.82, 2.24) is 0 Å². The third-order valence-electron chi connectivity index (χ3n) is 2.33. The molecule has 0 aromatic heterocycles. The largest absolute Gasteiger partial charge is 0.374 e. The van der Waals surface area contributed by atoms with Crippen LogP contribution in [0.3, 0.4) is 0 Å². The predicted molar refractivity (Wildman–Crippen MR) is 32.1 cm³/mol. The first kappa shape index (κ1) is 5.42. The average Bonchev–Trinajstić information content (AvgIpc) is 2.45. The van der Waals surface area contributed by atoms with Crippen LogP contribution in [-0.4, -0.2) is 18.5 Å². The van der Waals surface area contributed by atoms with Gasteiger partial charge in [0.15, 0.2) is 0 Å². The van der Waals surface area contributed by atoms with Gasteiger partial charge in [-0.3, -0.25) is 0 Å². The fourth-order valence-electron chi connectivity index (χ4n) is 1.82. The van der Waals surface area contributed by atoms with Crippen LogP contribution in [0.15, 0.2) is 0 Å². The van der Waals surface area contributed by atoms with Gasteiger partial charge in [-0.2, -0.15) is 0 Å². The van der Waals surface area contributed by atoms with Crippen molar-refractivity contribution >= 4 is 6.29 Å². The lowest BCUT2D eigenvalue weighted by molar-refractivity contribution is -0.112. The quantitative estimate of drug-likeness (QED) is 0.485. The van der Waals surface area contributed by atoms with E-state index in [1.54, 1.807) is 0 Å². The van der Waals surface area contributed by atoms with Crippen molar-refractivity contribution < 1.29 is 9.53 Å². The van der Waals surface area contributed by atoms with Gasteiger partial charge >= 0.3 is 0 Å². The highest BCUT2D eigenvalue weighted by Gasteiger charge is 2.40. The van der Waals surface area contributed by atoms with Crippen molar-refractivity contribution in [3.05, 3.63) is 0 Å². The third kappa shape index (κ3) is 0.697. The van der Waals surface area contributed by atoms with Crippen molar-refractivity contribution in [2.24, 2.45) is 5.92 Å². The van der Waals surface area contributed by atoms with Gasteiger partial charge < -0.3 is 9.53 Å². The Morgan fingerprint density at radius 2 is 2.33 bits per heavy atom. The second-order valence-electron chi connectivity index (χ2n) is 2.91. The predicted octanol–water partition coefficient (Wildman–Crippen LogP) is 0.753. The van der Waals surface area contributed by atoms with E-state index in [0.717, 1.165) is 19.1 Å². The topological polar surface area (TPSA) is 26.3 Å². The molecule has 0 aromatic rings. The van der Waals surface area contributed by atoms with Gasteiger partial charge in [-0.05, 0) is 19.3 Å². The molecule has 2 aliphatic heterocycles. The van der Waals surface area contributed by atoms with E-state index in [9.17, 15) is 4.79 Å². The summed E-state index contributed by atoms with van der Waals surface area (Å²) in [6.07, 6.45) is 5.01. The molecule has 50 valence electrons. The lowest BCUT2D eigenvalue weighted by atomic mass is 9.91. The molecule has 0 amide bonds. The van der Waals surface area contributed by atoms with Crippen molar-refractivity contribution in [2.75, 3.05) is 0 Å². The number of aldehydes is 1. The Hall–Kier alpha value is -0.370. The van der Waals surface area contributed by atoms with Gasteiger partial charge in [0.1, 0.15) is 6.29 Å². The lowest BCUT2D eigenvalue weighted by Crippen LogP contribution is -2.16. The summed E-state index contributed by atoms with van der Waals surface area (Å²) < 4.78 is 5.44. The molecule has 0 aliphatic carbocycles. The summed E-state index contributed by atoms with van der Waals surface area (Å²) in [7, 11) is 0. The molecule has 0 spiro atoms. The molecule has 2 bridgehead atoms. The summed E-state index contributed by atoms with van der Waals surface area (Å²) in [6, 6.07) is 0. The van der Waals surface area contributed by atoms with Crippen molar-refractivity contribution in [2.45, 2.75) is 31.5 Å². The van der Waals surface area contributed by atoms with E-state index < -0.39 is 0 Å². The number of hydrogen-bond acceptors (Lipinski definition) is 2. The van der Waals surface area contributed by atoms with E-state index in [2.05, 4.69) is 0 Å². The van der Waals surface area contributed by atoms with Gasteiger partial charge in [0.2, 0.25) is 0 Å². The molecular formula is C7H10O2. The van der Waals surface area contributed by atoms with Crippen LogP contribution < -0.4 is 0 Å². The van der Waals surface area contributed by atoms with Gasteiger partial charge in [-0.25, -0.2) is 0 Å². The first-order valence-electron chi connectivity index (χ1n) is 3.51. The third-order valence-corrected chi connectivity index (χ3v) is 2.33. The number of hydrogen-bond donors (Lipinski definition) is 0. The Labute approximate surface area is 54.2 Å². The minimum absolute atomic E-state index is 0.226. The number of ether oxygens (including phenoxy) is 1. The summed E-state index contributed by atoms with van der Waals surface area (Å²) in [5, 5.41) is 0. The molecule has 9 heavy (non-hydrogen) atoms. The molecule has 0 saturated carbocycles. The van der Waals surface area contributed by atoms with Crippen molar-refractivity contribution in [3.63, 3.8) is 0 Å². The molecule has 2 rings (SSSR count). The molecule has 2 heterocycles. The first-order valence-corrected chi connectivity index (χ1v) is 3.51. The zero-order valence-electron chi connectivity index (χ0n) is 5.25. The zero-order chi connectivity index (χ0) is 6.27. The molecule has 0 aromatic carbocycles. The molecule has 0 radical (unpaired) electrons. The minimum Gasteiger partial charge on any atom is -0.374 e. The Balaban J connectivity index is 2.09. The Bertz CT molecular complexity index is 133. The summed E-state index contributed by atoms with van der Waals surface area (Å²) in [5.74, 6) is 0.226. The smallest absolute Gasteiger partial charge is 0.125 e. The van der Waals surface area contributed by atoms with Crippen LogP contribution >= 0.6 is 0 Å². The van der Waals surface area contributed by atoms with E-state index in [1.807, 2.05) is 0 Å². The number of rotatable bonds is 1. The van der Waals surface area contributed by atoms with Gasteiger partial charge in [0.05, 0.1) is 12.2 Å². The lowest BCUT2D eigenvalue weighted by Gasteiger charge is -2.09. The van der Waals surface area contributed by atoms with Gasteiger partial charge in [0.25, 0.3) is 0 Å². The van der Waals surface area contributed by atoms with Crippen LogP contribution in [0.1, 0.15) is 19.3 Å². The number of carbonyl (C=O) groups is 1. The SMILES string of the molecule is O=C[C@H]1C[C@H]2CC[C@H]1O2. The Morgan fingerprint density at radius 3 is 2.67 bits per heavy atom. The molecule has 3 atom stereocenters. The normalized spacial score (nSPS) is 47.8. The highest BCUT2D eigenvalue weighted by molar-refractivity contribution is 5.55. The first-order chi connectivity index (χ1) is 4.40. The zero-order valence-corrected chi connectivity index (χ0v) is 5.25. The maximum atomic E-state index is 10.3. The number of carbonyl (C=O) groups excluding carboxylic acids is 1. The van der Waals surface area contributed by atoms with E-state index in [1.165, 1.54) is 6.42 Å². The maximum Gasteiger partial charge on any atom is 0.125 e. The Morgan fingerprint density at radius 1 is 1.44 bits per heavy atom. The van der Waals surface area contributed by atoms with Crippen LogP contribution in [0.4, 0.5) is 0 Å². The molecule has 0 N–H and O–H groups in total. The summed E-state index contributed by atoms with van der Waals surface area (Å²) in [5.41, 5.74) is 0. The van der Waals surface area contributed by atoms with E-state index in [0.29, 0.717) is 6.10 Å². The summed E-state index contributed by atoms with van der Waals surface area (Å²) in [4.78, 5) is 10.3. The monoisotopic (exact) mass is 126 g/mol. The molecule has 0 unspecified atom stereocenters. The minimum atomic E-state index is 0.226. The number of fused-ring (bicyclic) bond motifs is 2. The highest BCUT2D eigenvalue weighted by atomic mass is 16.5. The molecule has 2 nitrogen and oxygen atoms in total. The average molecular weight is 126 g/mol. The molecular weight excluding hydrogens is 116 g/mol. The fraction of sp³-hybridized carbons (Fsp3) is 0.857. The van der Waals surface area contributed by atoms with E-state index >= 15 is 0 Å².